The van der Waals surface area contributed by atoms with Gasteiger partial charge in [0.2, 0.25) is 0 Å². The van der Waals surface area contributed by atoms with Crippen molar-refractivity contribution in [3.63, 3.8) is 0 Å². The first-order chi connectivity index (χ1) is 11.5. The molecule has 24 heavy (non-hydrogen) atoms. The Hall–Kier alpha value is -2.68. The molecule has 0 spiro atoms. The molecule has 7 nitrogen and oxygen atoms in total. The van der Waals surface area contributed by atoms with Gasteiger partial charge in [-0.1, -0.05) is 6.92 Å². The van der Waals surface area contributed by atoms with Crippen molar-refractivity contribution in [1.29, 1.82) is 0 Å². The molecule has 0 aliphatic heterocycles. The van der Waals surface area contributed by atoms with Crippen LogP contribution in [0.15, 0.2) is 18.2 Å². The lowest BCUT2D eigenvalue weighted by Crippen LogP contribution is -2.12. The summed E-state index contributed by atoms with van der Waals surface area (Å²) in [6.45, 7) is 5.45. The van der Waals surface area contributed by atoms with E-state index in [0.29, 0.717) is 22.1 Å². The number of nitrogens with one attached hydrogen (secondary N) is 1. The first-order valence-electron chi connectivity index (χ1n) is 7.32. The Morgan fingerprint density at radius 3 is 2.79 bits per heavy atom. The normalized spacial score (nSPS) is 10.8. The van der Waals surface area contributed by atoms with E-state index in [4.69, 9.17) is 0 Å². The molecule has 0 saturated carbocycles. The van der Waals surface area contributed by atoms with Gasteiger partial charge in [-0.25, -0.2) is 9.37 Å². The summed E-state index contributed by atoms with van der Waals surface area (Å²) in [5.74, 6) is -0.301. The predicted octanol–water partition coefficient (Wildman–Crippen LogP) is 2.69. The van der Waals surface area contributed by atoms with E-state index < -0.39 is 5.82 Å². The number of hydrogen-bond acceptors (Lipinski definition) is 6. The maximum atomic E-state index is 14.0. The molecule has 0 unspecified atom stereocenters. The van der Waals surface area contributed by atoms with Gasteiger partial charge in [-0.2, -0.15) is 4.68 Å². The molecule has 3 rings (SSSR count). The van der Waals surface area contributed by atoms with Crippen LogP contribution in [0.4, 0.5) is 10.1 Å². The van der Waals surface area contributed by atoms with Crippen LogP contribution in [0.5, 0.6) is 0 Å². The number of carbonyl (C=O) groups excluding carboxylic acids is 1. The summed E-state index contributed by atoms with van der Waals surface area (Å²) in [7, 11) is 0. The van der Waals surface area contributed by atoms with Crippen LogP contribution in [0.2, 0.25) is 0 Å². The minimum atomic E-state index is -0.481. The van der Waals surface area contributed by atoms with Crippen molar-refractivity contribution in [2.45, 2.75) is 27.2 Å². The van der Waals surface area contributed by atoms with E-state index in [1.807, 2.05) is 6.92 Å². The lowest BCUT2D eigenvalue weighted by molar-refractivity contribution is 0.103. The molecular formula is C15H15FN6OS. The van der Waals surface area contributed by atoms with E-state index in [9.17, 15) is 9.18 Å². The summed E-state index contributed by atoms with van der Waals surface area (Å²) in [6.07, 6.45) is 0.776. The number of nitrogens with zero attached hydrogens (tertiary/aromatic N) is 5. The maximum absolute atomic E-state index is 14.0. The Labute approximate surface area is 141 Å². The standard InChI is InChI=1S/C15H15FN6OS/c1-4-13-17-8(2)14(24-13)15(23)18-10-5-6-11(16)12(7-10)22-9(3)19-20-21-22/h5-7H,4H2,1-3H3,(H,18,23). The summed E-state index contributed by atoms with van der Waals surface area (Å²) in [5, 5.41) is 14.7. The number of aromatic nitrogens is 5. The van der Waals surface area contributed by atoms with Gasteiger partial charge in [0.05, 0.1) is 10.7 Å². The Bertz CT molecular complexity index is 903. The van der Waals surface area contributed by atoms with Crippen LogP contribution in [0, 0.1) is 19.7 Å². The van der Waals surface area contributed by atoms with Gasteiger partial charge in [0.25, 0.3) is 5.91 Å². The zero-order valence-electron chi connectivity index (χ0n) is 13.4. The zero-order valence-corrected chi connectivity index (χ0v) is 14.2. The number of hydrogen-bond donors (Lipinski definition) is 1. The third-order valence-electron chi connectivity index (χ3n) is 3.41. The van der Waals surface area contributed by atoms with Crippen LogP contribution in [0.1, 0.15) is 33.1 Å². The third kappa shape index (κ3) is 3.02. The monoisotopic (exact) mass is 346 g/mol. The van der Waals surface area contributed by atoms with E-state index >= 15 is 0 Å². The van der Waals surface area contributed by atoms with Gasteiger partial charge in [0.15, 0.2) is 5.82 Å². The molecule has 1 aromatic carbocycles. The first-order valence-corrected chi connectivity index (χ1v) is 8.13. The third-order valence-corrected chi connectivity index (χ3v) is 4.71. The Morgan fingerprint density at radius 2 is 2.17 bits per heavy atom. The first kappa shape index (κ1) is 16.2. The summed E-state index contributed by atoms with van der Waals surface area (Å²) >= 11 is 1.36. The molecule has 0 aliphatic carbocycles. The van der Waals surface area contributed by atoms with Gasteiger partial charge in [-0.3, -0.25) is 4.79 Å². The second kappa shape index (κ2) is 6.44. The zero-order chi connectivity index (χ0) is 17.3. The number of thiazole rings is 1. The van der Waals surface area contributed by atoms with Gasteiger partial charge in [0.1, 0.15) is 16.4 Å². The molecule has 3 aromatic rings. The fraction of sp³-hybridized carbons (Fsp3) is 0.267. The topological polar surface area (TPSA) is 85.6 Å². The van der Waals surface area contributed by atoms with Gasteiger partial charge >= 0.3 is 0 Å². The van der Waals surface area contributed by atoms with Gasteiger partial charge in [0, 0.05) is 5.69 Å². The number of amides is 1. The highest BCUT2D eigenvalue weighted by Crippen LogP contribution is 2.22. The van der Waals surface area contributed by atoms with E-state index in [2.05, 4.69) is 25.8 Å². The molecule has 2 heterocycles. The number of aryl methyl sites for hydroxylation is 3. The van der Waals surface area contributed by atoms with Crippen molar-refractivity contribution in [3.05, 3.63) is 45.4 Å². The summed E-state index contributed by atoms with van der Waals surface area (Å²) in [4.78, 5) is 17.3. The average molecular weight is 346 g/mol. The molecule has 0 atom stereocenters. The molecule has 0 saturated heterocycles. The van der Waals surface area contributed by atoms with Crippen molar-refractivity contribution in [1.82, 2.24) is 25.2 Å². The highest BCUT2D eigenvalue weighted by atomic mass is 32.1. The number of rotatable bonds is 4. The Kier molecular flexibility index (Phi) is 4.34. The molecule has 0 fully saturated rings. The highest BCUT2D eigenvalue weighted by Gasteiger charge is 2.16. The highest BCUT2D eigenvalue weighted by molar-refractivity contribution is 7.13. The second-order valence-corrected chi connectivity index (χ2v) is 6.22. The summed E-state index contributed by atoms with van der Waals surface area (Å²) < 4.78 is 15.3. The lowest BCUT2D eigenvalue weighted by atomic mass is 10.2. The molecule has 2 aromatic heterocycles. The van der Waals surface area contributed by atoms with Crippen molar-refractivity contribution < 1.29 is 9.18 Å². The lowest BCUT2D eigenvalue weighted by Gasteiger charge is -2.08. The number of carbonyl (C=O) groups is 1. The molecule has 1 N–H and O–H groups in total. The summed E-state index contributed by atoms with van der Waals surface area (Å²) in [5.41, 5.74) is 1.32. The quantitative estimate of drug-likeness (QED) is 0.785. The maximum Gasteiger partial charge on any atom is 0.267 e. The van der Waals surface area contributed by atoms with Crippen LogP contribution < -0.4 is 5.32 Å². The fourth-order valence-corrected chi connectivity index (χ4v) is 3.11. The molecular weight excluding hydrogens is 331 g/mol. The molecule has 9 heteroatoms. The number of halogens is 1. The van der Waals surface area contributed by atoms with Gasteiger partial charge < -0.3 is 5.32 Å². The minimum absolute atomic E-state index is 0.172. The largest absolute Gasteiger partial charge is 0.321 e. The number of tetrazole rings is 1. The minimum Gasteiger partial charge on any atom is -0.321 e. The molecule has 124 valence electrons. The smallest absolute Gasteiger partial charge is 0.267 e. The van der Waals surface area contributed by atoms with Crippen LogP contribution in [0.3, 0.4) is 0 Å². The van der Waals surface area contributed by atoms with E-state index in [1.165, 1.54) is 34.2 Å². The van der Waals surface area contributed by atoms with Crippen LogP contribution >= 0.6 is 11.3 Å². The van der Waals surface area contributed by atoms with Crippen molar-refractivity contribution in [2.24, 2.45) is 0 Å². The molecule has 0 bridgehead atoms. The van der Waals surface area contributed by atoms with Crippen LogP contribution in [-0.4, -0.2) is 31.1 Å². The number of anilines is 1. The van der Waals surface area contributed by atoms with Crippen molar-refractivity contribution >= 4 is 22.9 Å². The van der Waals surface area contributed by atoms with E-state index in [0.717, 1.165) is 11.4 Å². The fourth-order valence-electron chi connectivity index (χ4n) is 2.21. The van der Waals surface area contributed by atoms with Crippen LogP contribution in [-0.2, 0) is 6.42 Å². The van der Waals surface area contributed by atoms with Crippen molar-refractivity contribution in [2.75, 3.05) is 5.32 Å². The van der Waals surface area contributed by atoms with Gasteiger partial charge in [-0.05, 0) is 48.9 Å². The van der Waals surface area contributed by atoms with E-state index in [1.54, 1.807) is 13.8 Å². The Balaban J connectivity index is 1.89. The predicted molar refractivity (Wildman–Crippen MR) is 88.0 cm³/mol. The van der Waals surface area contributed by atoms with Crippen molar-refractivity contribution in [3.8, 4) is 5.69 Å². The van der Waals surface area contributed by atoms with E-state index in [-0.39, 0.29) is 11.6 Å². The SMILES string of the molecule is CCc1nc(C)c(C(=O)Nc2ccc(F)c(-n3nnnc3C)c2)s1. The van der Waals surface area contributed by atoms with Crippen LogP contribution in [0.25, 0.3) is 5.69 Å². The van der Waals surface area contributed by atoms with Gasteiger partial charge in [-0.15, -0.1) is 16.4 Å². The average Bonchev–Trinajstić information content (AvgIpc) is 3.15. The molecule has 0 radical (unpaired) electrons. The molecule has 0 aliphatic rings. The second-order valence-electron chi connectivity index (χ2n) is 5.13. The summed E-state index contributed by atoms with van der Waals surface area (Å²) in [6, 6.07) is 4.25. The Morgan fingerprint density at radius 1 is 1.38 bits per heavy atom. The number of benzene rings is 1. The molecule has 1 amide bonds.